The van der Waals surface area contributed by atoms with E-state index in [4.69, 9.17) is 0 Å². The fraction of sp³-hybridized carbons (Fsp3) is 0.600. The Hall–Kier alpha value is -1.16. The van der Waals surface area contributed by atoms with Crippen molar-refractivity contribution in [3.8, 4) is 0 Å². The second-order valence-corrected chi connectivity index (χ2v) is 12.6. The van der Waals surface area contributed by atoms with Crippen LogP contribution in [0.2, 0.25) is 24.7 Å². The zero-order chi connectivity index (χ0) is 14.0. The molecule has 2 atom stereocenters. The average molecular weight is 275 g/mol. The normalized spacial score (nSPS) is 33.4. The van der Waals surface area contributed by atoms with Gasteiger partial charge in [0.2, 0.25) is 5.91 Å². The number of hydrogen-bond acceptors (Lipinski definition) is 2. The summed E-state index contributed by atoms with van der Waals surface area (Å²) in [5, 5.41) is 0.0975. The minimum Gasteiger partial charge on any atom is -0.274 e. The number of hydrogen-bond donors (Lipinski definition) is 0. The van der Waals surface area contributed by atoms with Crippen molar-refractivity contribution in [1.82, 2.24) is 4.90 Å². The third kappa shape index (κ3) is 1.38. The molecule has 0 aromatic heterocycles. The highest BCUT2D eigenvalue weighted by Crippen LogP contribution is 2.69. The Morgan fingerprint density at radius 3 is 2.68 bits per heavy atom. The molecule has 2 bridgehead atoms. The van der Waals surface area contributed by atoms with Crippen molar-refractivity contribution in [2.45, 2.75) is 43.9 Å². The van der Waals surface area contributed by atoms with Gasteiger partial charge in [0.25, 0.3) is 5.91 Å². The first-order chi connectivity index (χ1) is 8.83. The Morgan fingerprint density at radius 1 is 1.42 bits per heavy atom. The Kier molecular flexibility index (Phi) is 2.49. The smallest absolute Gasteiger partial charge is 0.257 e. The molecule has 0 N–H and O–H groups in total. The molecule has 0 aromatic rings. The van der Waals surface area contributed by atoms with Crippen molar-refractivity contribution in [2.75, 3.05) is 6.54 Å². The number of nitrogens with zero attached hydrogens (tertiary/aromatic N) is 1. The van der Waals surface area contributed by atoms with Crippen LogP contribution in [0.15, 0.2) is 23.8 Å². The first-order valence-corrected chi connectivity index (χ1v) is 10.5. The average Bonchev–Trinajstić information content (AvgIpc) is 2.95. The summed E-state index contributed by atoms with van der Waals surface area (Å²) in [6.07, 6.45) is 4.78. The minimum atomic E-state index is -1.51. The summed E-state index contributed by atoms with van der Waals surface area (Å²) in [4.78, 5) is 26.5. The highest BCUT2D eigenvalue weighted by molar-refractivity contribution is 6.80. The van der Waals surface area contributed by atoms with Gasteiger partial charge in [-0.15, -0.1) is 6.58 Å². The van der Waals surface area contributed by atoms with Crippen molar-refractivity contribution in [1.29, 1.82) is 0 Å². The van der Waals surface area contributed by atoms with Crippen LogP contribution in [0.4, 0.5) is 0 Å². The van der Waals surface area contributed by atoms with E-state index in [9.17, 15) is 9.59 Å². The number of allylic oxidation sites excluding steroid dienone is 1. The molecule has 19 heavy (non-hydrogen) atoms. The van der Waals surface area contributed by atoms with E-state index >= 15 is 0 Å². The predicted molar refractivity (Wildman–Crippen MR) is 77.3 cm³/mol. The summed E-state index contributed by atoms with van der Waals surface area (Å²) in [6.45, 7) is 11.0. The molecule has 1 heterocycles. The van der Waals surface area contributed by atoms with Crippen molar-refractivity contribution < 1.29 is 9.59 Å². The topological polar surface area (TPSA) is 37.4 Å². The standard InChI is InChI=1S/C15H21NO2Si/c1-5-8-16-13(17)11-10-6-7-15(9-10,19(2,3)4)12(11)14(16)18/h5,12H,1,6-9H2,2-4H3. The van der Waals surface area contributed by atoms with E-state index in [0.717, 1.165) is 24.8 Å². The van der Waals surface area contributed by atoms with Crippen LogP contribution in [0.1, 0.15) is 19.3 Å². The van der Waals surface area contributed by atoms with E-state index in [1.807, 2.05) is 0 Å². The van der Waals surface area contributed by atoms with Crippen LogP contribution in [-0.4, -0.2) is 31.3 Å². The molecular formula is C15H21NO2Si. The number of imide groups is 1. The molecule has 2 fully saturated rings. The van der Waals surface area contributed by atoms with Gasteiger partial charge in [-0.3, -0.25) is 14.5 Å². The quantitative estimate of drug-likeness (QED) is 0.451. The molecule has 4 heteroatoms. The van der Waals surface area contributed by atoms with Gasteiger partial charge in [-0.25, -0.2) is 0 Å². The SMILES string of the molecule is C=CCN1C(=O)C2=C3CCC([Si](C)(C)C)(C3)C2C1=O. The fourth-order valence-corrected chi connectivity index (χ4v) is 7.05. The molecule has 2 amide bonds. The molecule has 2 aliphatic carbocycles. The lowest BCUT2D eigenvalue weighted by molar-refractivity contribution is -0.138. The van der Waals surface area contributed by atoms with Crippen LogP contribution in [0.3, 0.4) is 0 Å². The van der Waals surface area contributed by atoms with Gasteiger partial charge in [0.15, 0.2) is 0 Å². The van der Waals surface area contributed by atoms with Crippen molar-refractivity contribution in [3.63, 3.8) is 0 Å². The zero-order valence-corrected chi connectivity index (χ0v) is 13.0. The predicted octanol–water partition coefficient (Wildman–Crippen LogP) is 2.73. The summed E-state index contributed by atoms with van der Waals surface area (Å²) < 4.78 is 0. The van der Waals surface area contributed by atoms with E-state index in [0.29, 0.717) is 6.54 Å². The molecule has 3 aliphatic rings. The maximum Gasteiger partial charge on any atom is 0.257 e. The van der Waals surface area contributed by atoms with Gasteiger partial charge in [0.05, 0.1) is 14.0 Å². The Balaban J connectivity index is 2.10. The number of carbonyl (C=O) groups excluding carboxylic acids is 2. The number of likely N-dealkylation sites (tertiary alicyclic amines) is 1. The monoisotopic (exact) mass is 275 g/mol. The number of carbonyl (C=O) groups is 2. The van der Waals surface area contributed by atoms with Crippen molar-refractivity contribution in [2.24, 2.45) is 5.92 Å². The molecule has 3 nitrogen and oxygen atoms in total. The summed E-state index contributed by atoms with van der Waals surface area (Å²) in [5.74, 6) is -0.128. The number of fused-ring (bicyclic) bond motifs is 4. The third-order valence-electron chi connectivity index (χ3n) is 5.42. The second kappa shape index (κ2) is 3.69. The number of rotatable bonds is 3. The molecular weight excluding hydrogens is 254 g/mol. The van der Waals surface area contributed by atoms with Gasteiger partial charge in [-0.05, 0) is 24.3 Å². The Morgan fingerprint density at radius 2 is 2.11 bits per heavy atom. The third-order valence-corrected chi connectivity index (χ3v) is 9.12. The number of amides is 2. The van der Waals surface area contributed by atoms with Crippen LogP contribution in [0, 0.1) is 5.92 Å². The maximum absolute atomic E-state index is 12.7. The van der Waals surface area contributed by atoms with Crippen molar-refractivity contribution in [3.05, 3.63) is 23.8 Å². The van der Waals surface area contributed by atoms with E-state index in [1.165, 1.54) is 10.5 Å². The molecule has 0 radical (unpaired) electrons. The van der Waals surface area contributed by atoms with Gasteiger partial charge >= 0.3 is 0 Å². The van der Waals surface area contributed by atoms with Crippen LogP contribution in [-0.2, 0) is 9.59 Å². The van der Waals surface area contributed by atoms with E-state index in [2.05, 4.69) is 26.2 Å². The first-order valence-electron chi connectivity index (χ1n) is 7.02. The second-order valence-electron chi connectivity index (χ2n) is 7.08. The lowest BCUT2D eigenvalue weighted by atomic mass is 9.87. The van der Waals surface area contributed by atoms with Gasteiger partial charge in [0, 0.05) is 12.1 Å². The molecule has 102 valence electrons. The summed E-state index contributed by atoms with van der Waals surface area (Å²) >= 11 is 0. The van der Waals surface area contributed by atoms with Gasteiger partial charge in [0.1, 0.15) is 0 Å². The molecule has 1 saturated carbocycles. The Labute approximate surface area is 115 Å². The lowest BCUT2D eigenvalue weighted by Gasteiger charge is -2.42. The van der Waals surface area contributed by atoms with E-state index < -0.39 is 8.07 Å². The van der Waals surface area contributed by atoms with Crippen LogP contribution < -0.4 is 0 Å². The Bertz CT molecular complexity index is 529. The van der Waals surface area contributed by atoms with E-state index in [-0.39, 0.29) is 22.8 Å². The molecule has 3 rings (SSSR count). The van der Waals surface area contributed by atoms with Gasteiger partial charge in [-0.1, -0.05) is 31.3 Å². The minimum absolute atomic E-state index is 0.0373. The van der Waals surface area contributed by atoms with Crippen LogP contribution in [0.25, 0.3) is 0 Å². The van der Waals surface area contributed by atoms with Crippen LogP contribution >= 0.6 is 0 Å². The summed E-state index contributed by atoms with van der Waals surface area (Å²) in [7, 11) is -1.51. The molecule has 1 aliphatic heterocycles. The largest absolute Gasteiger partial charge is 0.274 e. The highest BCUT2D eigenvalue weighted by atomic mass is 28.3. The first kappa shape index (κ1) is 12.8. The zero-order valence-electron chi connectivity index (χ0n) is 12.0. The van der Waals surface area contributed by atoms with Gasteiger partial charge in [-0.2, -0.15) is 0 Å². The van der Waals surface area contributed by atoms with Crippen molar-refractivity contribution >= 4 is 19.9 Å². The molecule has 0 aromatic carbocycles. The molecule has 1 saturated heterocycles. The van der Waals surface area contributed by atoms with E-state index in [1.54, 1.807) is 6.08 Å². The maximum atomic E-state index is 12.7. The summed E-state index contributed by atoms with van der Waals surface area (Å²) in [6, 6.07) is 0. The highest BCUT2D eigenvalue weighted by Gasteiger charge is 2.65. The lowest BCUT2D eigenvalue weighted by Crippen LogP contribution is -2.45. The molecule has 2 unspecified atom stereocenters. The fourth-order valence-electron chi connectivity index (χ4n) is 4.30. The van der Waals surface area contributed by atoms with Gasteiger partial charge < -0.3 is 0 Å². The summed E-state index contributed by atoms with van der Waals surface area (Å²) in [5.41, 5.74) is 2.14. The molecule has 0 spiro atoms. The van der Waals surface area contributed by atoms with Crippen LogP contribution in [0.5, 0.6) is 0 Å².